The lowest BCUT2D eigenvalue weighted by Gasteiger charge is -2.34. The number of carbonyl (C=O) groups is 2. The van der Waals surface area contributed by atoms with Crippen molar-refractivity contribution in [2.45, 2.75) is 38.3 Å². The molecule has 0 spiro atoms. The quantitative estimate of drug-likeness (QED) is 0.547. The lowest BCUT2D eigenvalue weighted by molar-refractivity contribution is -0.174. The van der Waals surface area contributed by atoms with Crippen molar-refractivity contribution in [3.8, 4) is 5.75 Å². The molecule has 0 saturated carbocycles. The Morgan fingerprint density at radius 2 is 1.84 bits per heavy atom. The van der Waals surface area contributed by atoms with Crippen LogP contribution < -0.4 is 10.1 Å². The molecule has 1 aromatic rings. The molecule has 0 unspecified atom stereocenters. The van der Waals surface area contributed by atoms with E-state index in [0.29, 0.717) is 71.4 Å². The van der Waals surface area contributed by atoms with E-state index < -0.39 is 12.8 Å². The molecule has 1 fully saturated rings. The van der Waals surface area contributed by atoms with Gasteiger partial charge in [0, 0.05) is 57.9 Å². The number of anilines is 1. The Labute approximate surface area is 185 Å². The summed E-state index contributed by atoms with van der Waals surface area (Å²) in [6.45, 7) is 2.66. The van der Waals surface area contributed by atoms with Crippen molar-refractivity contribution < 1.29 is 32.2 Å². The summed E-state index contributed by atoms with van der Waals surface area (Å²) in [7, 11) is 0. The molecule has 3 rings (SSSR count). The topological polar surface area (TPSA) is 71.1 Å². The highest BCUT2D eigenvalue weighted by molar-refractivity contribution is 5.94. The summed E-state index contributed by atoms with van der Waals surface area (Å²) in [4.78, 5) is 27.8. The molecule has 2 aliphatic rings. The van der Waals surface area contributed by atoms with Crippen LogP contribution in [-0.2, 0) is 20.7 Å². The molecule has 10 heteroatoms. The number of aryl methyl sites for hydroxylation is 1. The van der Waals surface area contributed by atoms with Gasteiger partial charge in [-0.05, 0) is 43.0 Å². The average molecular weight is 457 g/mol. The fourth-order valence-electron chi connectivity index (χ4n) is 3.82. The molecular weight excluding hydrogens is 427 g/mol. The summed E-state index contributed by atoms with van der Waals surface area (Å²) < 4.78 is 46.5. The first-order valence-electron chi connectivity index (χ1n) is 11.0. The molecule has 178 valence electrons. The molecule has 0 atom stereocenters. The van der Waals surface area contributed by atoms with E-state index in [-0.39, 0.29) is 18.4 Å². The zero-order valence-corrected chi connectivity index (χ0v) is 18.1. The third-order valence-electron chi connectivity index (χ3n) is 5.53. The van der Waals surface area contributed by atoms with Crippen molar-refractivity contribution in [3.63, 3.8) is 0 Å². The summed E-state index contributed by atoms with van der Waals surface area (Å²) in [5, 5.41) is 2.84. The second-order valence-electron chi connectivity index (χ2n) is 8.06. The molecule has 2 heterocycles. The molecule has 0 aliphatic carbocycles. The van der Waals surface area contributed by atoms with Crippen molar-refractivity contribution in [1.82, 2.24) is 9.80 Å². The number of fused-ring (bicyclic) bond motifs is 1. The number of piperazine rings is 1. The van der Waals surface area contributed by atoms with Gasteiger partial charge in [-0.25, -0.2) is 0 Å². The Morgan fingerprint density at radius 3 is 2.59 bits per heavy atom. The summed E-state index contributed by atoms with van der Waals surface area (Å²) in [5.41, 5.74) is 1.89. The monoisotopic (exact) mass is 457 g/mol. The van der Waals surface area contributed by atoms with E-state index in [9.17, 15) is 22.8 Å². The first kappa shape index (κ1) is 24.3. The molecule has 1 N–H and O–H groups in total. The van der Waals surface area contributed by atoms with Gasteiger partial charge in [0.1, 0.15) is 12.4 Å². The molecule has 2 amide bonds. The van der Waals surface area contributed by atoms with Crippen LogP contribution in [-0.4, -0.2) is 80.3 Å². The summed E-state index contributed by atoms with van der Waals surface area (Å²) in [5.74, 6) is 0.857. The predicted octanol–water partition coefficient (Wildman–Crippen LogP) is 2.84. The van der Waals surface area contributed by atoms with Crippen LogP contribution in [0.4, 0.5) is 18.9 Å². The number of nitrogens with one attached hydrogen (secondary N) is 1. The third kappa shape index (κ3) is 7.98. The average Bonchev–Trinajstić information content (AvgIpc) is 2.76. The van der Waals surface area contributed by atoms with Crippen molar-refractivity contribution in [2.24, 2.45) is 0 Å². The van der Waals surface area contributed by atoms with Gasteiger partial charge in [0.15, 0.2) is 0 Å². The number of alkyl halides is 3. The molecule has 0 aromatic heterocycles. The van der Waals surface area contributed by atoms with Crippen molar-refractivity contribution in [1.29, 1.82) is 0 Å². The minimum absolute atomic E-state index is 0.0282. The molecule has 1 saturated heterocycles. The normalized spacial score (nSPS) is 17.1. The number of hydrogen-bond acceptors (Lipinski definition) is 5. The maximum absolute atomic E-state index is 12.4. The highest BCUT2D eigenvalue weighted by Gasteiger charge is 2.27. The Hall–Kier alpha value is -2.33. The standard InChI is InChI=1S/C22H30F3N3O4/c23-22(24,25)16-31-13-2-8-27-9-11-28(12-10-27)21(30)3-1-14-32-18-5-6-19-17(15-18)4-7-20(29)26-19/h5-6,15H,1-4,7-14,16H2,(H,26,29). The minimum atomic E-state index is -4.28. The van der Waals surface area contributed by atoms with Crippen LogP contribution in [0.5, 0.6) is 5.75 Å². The zero-order chi connectivity index (χ0) is 23.0. The van der Waals surface area contributed by atoms with Crippen LogP contribution in [0.25, 0.3) is 0 Å². The predicted molar refractivity (Wildman–Crippen MR) is 113 cm³/mol. The largest absolute Gasteiger partial charge is 0.494 e. The van der Waals surface area contributed by atoms with Gasteiger partial charge >= 0.3 is 6.18 Å². The number of nitrogens with zero attached hydrogens (tertiary/aromatic N) is 2. The highest BCUT2D eigenvalue weighted by atomic mass is 19.4. The van der Waals surface area contributed by atoms with Gasteiger partial charge in [-0.2, -0.15) is 13.2 Å². The van der Waals surface area contributed by atoms with Gasteiger partial charge in [0.2, 0.25) is 11.8 Å². The Morgan fingerprint density at radius 1 is 1.06 bits per heavy atom. The number of benzene rings is 1. The Bertz CT molecular complexity index is 780. The van der Waals surface area contributed by atoms with Crippen molar-refractivity contribution in [3.05, 3.63) is 23.8 Å². The van der Waals surface area contributed by atoms with Crippen LogP contribution in [0.1, 0.15) is 31.2 Å². The third-order valence-corrected chi connectivity index (χ3v) is 5.53. The number of rotatable bonds is 10. The van der Waals surface area contributed by atoms with Gasteiger partial charge in [0.05, 0.1) is 6.61 Å². The van der Waals surface area contributed by atoms with Gasteiger partial charge < -0.3 is 19.7 Å². The van der Waals surface area contributed by atoms with E-state index in [0.717, 1.165) is 17.0 Å². The number of halogens is 3. The van der Waals surface area contributed by atoms with Crippen LogP contribution in [0.2, 0.25) is 0 Å². The van der Waals surface area contributed by atoms with Gasteiger partial charge in [-0.1, -0.05) is 0 Å². The summed E-state index contributed by atoms with van der Waals surface area (Å²) in [6, 6.07) is 5.60. The van der Waals surface area contributed by atoms with E-state index in [1.165, 1.54) is 0 Å². The Balaban J connectivity index is 1.26. The van der Waals surface area contributed by atoms with E-state index in [2.05, 4.69) is 15.0 Å². The molecule has 7 nitrogen and oxygen atoms in total. The molecule has 0 radical (unpaired) electrons. The summed E-state index contributed by atoms with van der Waals surface area (Å²) >= 11 is 0. The van der Waals surface area contributed by atoms with Crippen LogP contribution >= 0.6 is 0 Å². The van der Waals surface area contributed by atoms with E-state index in [1.54, 1.807) is 0 Å². The fourth-order valence-corrected chi connectivity index (χ4v) is 3.82. The lowest BCUT2D eigenvalue weighted by atomic mass is 10.0. The molecule has 1 aromatic carbocycles. The first-order valence-corrected chi connectivity index (χ1v) is 11.0. The molecule has 32 heavy (non-hydrogen) atoms. The van der Waals surface area contributed by atoms with Gasteiger partial charge in [-0.3, -0.25) is 14.5 Å². The fraction of sp³-hybridized carbons (Fsp3) is 0.636. The first-order chi connectivity index (χ1) is 15.3. The maximum atomic E-state index is 12.4. The molecule has 0 bridgehead atoms. The van der Waals surface area contributed by atoms with Crippen LogP contribution in [0, 0.1) is 0 Å². The number of amides is 2. The van der Waals surface area contributed by atoms with Crippen LogP contribution in [0.3, 0.4) is 0 Å². The maximum Gasteiger partial charge on any atom is 0.411 e. The SMILES string of the molecule is O=C1CCc2cc(OCCCC(=O)N3CCN(CCCOCC(F)(F)F)CC3)ccc2N1. The second-order valence-corrected chi connectivity index (χ2v) is 8.06. The number of ether oxygens (including phenoxy) is 2. The van der Waals surface area contributed by atoms with Crippen LogP contribution in [0.15, 0.2) is 18.2 Å². The molecular formula is C22H30F3N3O4. The van der Waals surface area contributed by atoms with Crippen molar-refractivity contribution in [2.75, 3.05) is 57.9 Å². The van der Waals surface area contributed by atoms with Gasteiger partial charge in [-0.15, -0.1) is 0 Å². The smallest absolute Gasteiger partial charge is 0.411 e. The van der Waals surface area contributed by atoms with E-state index in [4.69, 9.17) is 4.74 Å². The van der Waals surface area contributed by atoms with Gasteiger partial charge in [0.25, 0.3) is 0 Å². The molecule has 2 aliphatic heterocycles. The lowest BCUT2D eigenvalue weighted by Crippen LogP contribution is -2.49. The van der Waals surface area contributed by atoms with Crippen molar-refractivity contribution >= 4 is 17.5 Å². The zero-order valence-electron chi connectivity index (χ0n) is 18.1. The summed E-state index contributed by atoms with van der Waals surface area (Å²) in [6.07, 6.45) is -1.55. The second kappa shape index (κ2) is 11.5. The van der Waals surface area contributed by atoms with E-state index >= 15 is 0 Å². The highest BCUT2D eigenvalue weighted by Crippen LogP contribution is 2.27. The Kier molecular flexibility index (Phi) is 8.75. The number of carbonyl (C=O) groups excluding carboxylic acids is 2. The van der Waals surface area contributed by atoms with E-state index in [1.807, 2.05) is 23.1 Å². The minimum Gasteiger partial charge on any atom is -0.494 e. The number of hydrogen-bond donors (Lipinski definition) is 1.